The summed E-state index contributed by atoms with van der Waals surface area (Å²) in [6, 6.07) is 17.4. The van der Waals surface area contributed by atoms with Crippen LogP contribution in [-0.4, -0.2) is 52.5 Å². The molecule has 0 spiro atoms. The molecule has 0 aliphatic carbocycles. The molecule has 2 aromatic rings. The molecule has 1 saturated heterocycles. The molecular weight excluding hydrogens is 328 g/mol. The molecule has 0 bridgehead atoms. The summed E-state index contributed by atoms with van der Waals surface area (Å²) in [6.07, 6.45) is 0.727. The number of nitrogens with zero attached hydrogens (tertiary/aromatic N) is 2. The van der Waals surface area contributed by atoms with Gasteiger partial charge in [0.1, 0.15) is 0 Å². The van der Waals surface area contributed by atoms with Crippen molar-refractivity contribution in [2.75, 3.05) is 19.6 Å². The number of piperazine rings is 1. The van der Waals surface area contributed by atoms with Crippen LogP contribution in [0.3, 0.4) is 0 Å². The van der Waals surface area contributed by atoms with E-state index < -0.39 is 5.97 Å². The maximum Gasteiger partial charge on any atom is 0.335 e. The minimum atomic E-state index is -0.923. The molecule has 5 nitrogen and oxygen atoms in total. The first kappa shape index (κ1) is 18.1. The van der Waals surface area contributed by atoms with Crippen molar-refractivity contribution in [1.29, 1.82) is 0 Å². The second-order valence-corrected chi connectivity index (χ2v) is 6.79. The zero-order valence-corrected chi connectivity index (χ0v) is 15.0. The monoisotopic (exact) mass is 352 g/mol. The molecule has 0 radical (unpaired) electrons. The Morgan fingerprint density at radius 1 is 1.00 bits per heavy atom. The largest absolute Gasteiger partial charge is 0.478 e. The van der Waals surface area contributed by atoms with E-state index >= 15 is 0 Å². The fourth-order valence-corrected chi connectivity index (χ4v) is 3.55. The summed E-state index contributed by atoms with van der Waals surface area (Å²) in [4.78, 5) is 27.4. The molecule has 0 unspecified atom stereocenters. The van der Waals surface area contributed by atoms with E-state index in [4.69, 9.17) is 5.11 Å². The average molecular weight is 352 g/mol. The van der Waals surface area contributed by atoms with Gasteiger partial charge in [0.2, 0.25) is 5.91 Å². The van der Waals surface area contributed by atoms with Gasteiger partial charge in [0, 0.05) is 39.1 Å². The van der Waals surface area contributed by atoms with E-state index in [0.29, 0.717) is 0 Å². The van der Waals surface area contributed by atoms with Gasteiger partial charge < -0.3 is 10.0 Å². The second-order valence-electron chi connectivity index (χ2n) is 6.79. The molecule has 3 rings (SSSR count). The fraction of sp³-hybridized carbons (Fsp3) is 0.333. The average Bonchev–Trinajstić information content (AvgIpc) is 2.63. The highest BCUT2D eigenvalue weighted by Gasteiger charge is 2.28. The lowest BCUT2D eigenvalue weighted by Gasteiger charge is -2.41. The Morgan fingerprint density at radius 2 is 1.69 bits per heavy atom. The number of hydrogen-bond acceptors (Lipinski definition) is 3. The second kappa shape index (κ2) is 8.15. The number of carbonyl (C=O) groups excluding carboxylic acids is 1. The quantitative estimate of drug-likeness (QED) is 0.899. The summed E-state index contributed by atoms with van der Waals surface area (Å²) < 4.78 is 0. The highest BCUT2D eigenvalue weighted by molar-refractivity contribution is 5.87. The summed E-state index contributed by atoms with van der Waals surface area (Å²) in [5.74, 6) is -0.829. The van der Waals surface area contributed by atoms with Crippen LogP contribution in [0.25, 0.3) is 0 Å². The summed E-state index contributed by atoms with van der Waals surface area (Å²) in [6.45, 7) is 4.90. The van der Waals surface area contributed by atoms with Crippen molar-refractivity contribution in [1.82, 2.24) is 9.80 Å². The maximum atomic E-state index is 12.0. The van der Waals surface area contributed by atoms with E-state index in [-0.39, 0.29) is 17.5 Å². The van der Waals surface area contributed by atoms with Crippen molar-refractivity contribution in [2.24, 2.45) is 0 Å². The van der Waals surface area contributed by atoms with Crippen LogP contribution in [-0.2, 0) is 17.8 Å². The van der Waals surface area contributed by atoms with Crippen LogP contribution in [0.15, 0.2) is 54.6 Å². The summed E-state index contributed by atoms with van der Waals surface area (Å²) in [5.41, 5.74) is 2.60. The lowest BCUT2D eigenvalue weighted by molar-refractivity contribution is -0.133. The van der Waals surface area contributed by atoms with Crippen molar-refractivity contribution >= 4 is 11.9 Å². The maximum absolute atomic E-state index is 12.0. The third kappa shape index (κ3) is 4.49. The van der Waals surface area contributed by atoms with Gasteiger partial charge >= 0.3 is 5.97 Å². The number of carbonyl (C=O) groups is 2. The molecule has 26 heavy (non-hydrogen) atoms. The van der Waals surface area contributed by atoms with E-state index in [1.54, 1.807) is 19.1 Å². The third-order valence-corrected chi connectivity index (χ3v) is 4.89. The number of aromatic carboxylic acids is 1. The number of carboxylic acids is 1. The molecule has 0 aromatic heterocycles. The molecular formula is C21H24N2O3. The Bertz CT molecular complexity index is 759. The summed E-state index contributed by atoms with van der Waals surface area (Å²) in [5, 5.41) is 9.03. The highest BCUT2D eigenvalue weighted by Crippen LogP contribution is 2.18. The predicted octanol–water partition coefficient (Wildman–Crippen LogP) is 2.66. The van der Waals surface area contributed by atoms with Gasteiger partial charge in [-0.3, -0.25) is 9.69 Å². The molecule has 1 heterocycles. The van der Waals surface area contributed by atoms with Crippen LogP contribution < -0.4 is 0 Å². The SMILES string of the molecule is CC(=O)N1CCN(Cc2ccccc2)C[C@H]1Cc1ccc(C(=O)O)cc1. The minimum Gasteiger partial charge on any atom is -0.478 e. The van der Waals surface area contributed by atoms with Crippen LogP contribution in [0.1, 0.15) is 28.4 Å². The van der Waals surface area contributed by atoms with Crippen LogP contribution >= 0.6 is 0 Å². The number of benzene rings is 2. The van der Waals surface area contributed by atoms with Crippen LogP contribution in [0.2, 0.25) is 0 Å². The number of hydrogen-bond donors (Lipinski definition) is 1. The normalized spacial score (nSPS) is 17.9. The molecule has 1 amide bonds. The van der Waals surface area contributed by atoms with E-state index in [1.165, 1.54) is 5.56 Å². The molecule has 1 atom stereocenters. The smallest absolute Gasteiger partial charge is 0.335 e. The van der Waals surface area contributed by atoms with Crippen LogP contribution in [0, 0.1) is 0 Å². The van der Waals surface area contributed by atoms with Crippen molar-refractivity contribution in [3.63, 3.8) is 0 Å². The van der Waals surface area contributed by atoms with Crippen molar-refractivity contribution < 1.29 is 14.7 Å². The Morgan fingerprint density at radius 3 is 2.31 bits per heavy atom. The third-order valence-electron chi connectivity index (χ3n) is 4.89. The van der Waals surface area contributed by atoms with Crippen LogP contribution in [0.4, 0.5) is 0 Å². The van der Waals surface area contributed by atoms with Gasteiger partial charge in [0.15, 0.2) is 0 Å². The number of amides is 1. The van der Waals surface area contributed by atoms with Gasteiger partial charge in [-0.25, -0.2) is 4.79 Å². The molecule has 1 aliphatic heterocycles. The summed E-state index contributed by atoms with van der Waals surface area (Å²) in [7, 11) is 0. The Kier molecular flexibility index (Phi) is 5.68. The molecule has 2 aromatic carbocycles. The highest BCUT2D eigenvalue weighted by atomic mass is 16.4. The van der Waals surface area contributed by atoms with Crippen molar-refractivity contribution in [3.05, 3.63) is 71.3 Å². The minimum absolute atomic E-state index is 0.0940. The number of rotatable bonds is 5. The predicted molar refractivity (Wildman–Crippen MR) is 100.0 cm³/mol. The Hall–Kier alpha value is -2.66. The first-order chi connectivity index (χ1) is 12.5. The molecule has 1 N–H and O–H groups in total. The zero-order valence-electron chi connectivity index (χ0n) is 15.0. The molecule has 0 saturated carbocycles. The molecule has 136 valence electrons. The van der Waals surface area contributed by atoms with E-state index in [9.17, 15) is 9.59 Å². The van der Waals surface area contributed by atoms with Gasteiger partial charge in [-0.15, -0.1) is 0 Å². The zero-order chi connectivity index (χ0) is 18.5. The van der Waals surface area contributed by atoms with E-state index in [1.807, 2.05) is 35.2 Å². The van der Waals surface area contributed by atoms with E-state index in [0.717, 1.165) is 38.2 Å². The van der Waals surface area contributed by atoms with Gasteiger partial charge in [-0.2, -0.15) is 0 Å². The first-order valence-electron chi connectivity index (χ1n) is 8.88. The van der Waals surface area contributed by atoms with Crippen molar-refractivity contribution in [2.45, 2.75) is 25.9 Å². The van der Waals surface area contributed by atoms with Gasteiger partial charge in [0.25, 0.3) is 0 Å². The fourth-order valence-electron chi connectivity index (χ4n) is 3.55. The van der Waals surface area contributed by atoms with Gasteiger partial charge in [-0.1, -0.05) is 42.5 Å². The van der Waals surface area contributed by atoms with Gasteiger partial charge in [-0.05, 0) is 29.7 Å². The summed E-state index contributed by atoms with van der Waals surface area (Å²) >= 11 is 0. The Labute approximate surface area is 153 Å². The lowest BCUT2D eigenvalue weighted by atomic mass is 10.0. The van der Waals surface area contributed by atoms with Crippen LogP contribution in [0.5, 0.6) is 0 Å². The molecule has 1 fully saturated rings. The standard InChI is InChI=1S/C21H24N2O3/c1-16(24)23-12-11-22(14-18-5-3-2-4-6-18)15-20(23)13-17-7-9-19(10-8-17)21(25)26/h2-10,20H,11-15H2,1H3,(H,25,26)/t20-/m1/s1. The lowest BCUT2D eigenvalue weighted by Crippen LogP contribution is -2.55. The van der Waals surface area contributed by atoms with Gasteiger partial charge in [0.05, 0.1) is 5.56 Å². The topological polar surface area (TPSA) is 60.9 Å². The number of carboxylic acid groups (broad SMARTS) is 1. The Balaban J connectivity index is 1.70. The molecule has 1 aliphatic rings. The van der Waals surface area contributed by atoms with Crippen molar-refractivity contribution in [3.8, 4) is 0 Å². The van der Waals surface area contributed by atoms with E-state index in [2.05, 4.69) is 17.0 Å². The first-order valence-corrected chi connectivity index (χ1v) is 8.88. The molecule has 5 heteroatoms.